The van der Waals surface area contributed by atoms with Crippen LogP contribution in [0.4, 0.5) is 0 Å². The number of benzene rings is 2. The molecule has 0 fully saturated rings. The molecule has 1 amide bonds. The second-order valence-corrected chi connectivity index (χ2v) is 7.37. The quantitative estimate of drug-likeness (QED) is 0.535. The van der Waals surface area contributed by atoms with Gasteiger partial charge in [0.2, 0.25) is 0 Å². The van der Waals surface area contributed by atoms with Gasteiger partial charge in [0, 0.05) is 55.6 Å². The molecule has 0 radical (unpaired) electrons. The van der Waals surface area contributed by atoms with Crippen LogP contribution in [0.1, 0.15) is 21.6 Å². The highest BCUT2D eigenvalue weighted by atomic mass is 16.2. The molecule has 5 rings (SSSR count). The summed E-state index contributed by atoms with van der Waals surface area (Å²) in [6.45, 7) is 1.33. The number of carbonyl (C=O) groups is 1. The minimum Gasteiger partial charge on any atom is -0.357 e. The predicted molar refractivity (Wildman–Crippen MR) is 111 cm³/mol. The van der Waals surface area contributed by atoms with E-state index in [9.17, 15) is 4.79 Å². The van der Waals surface area contributed by atoms with E-state index in [0.717, 1.165) is 45.3 Å². The number of fused-ring (bicyclic) bond motifs is 2. The first-order chi connectivity index (χ1) is 13.7. The van der Waals surface area contributed by atoms with Gasteiger partial charge >= 0.3 is 0 Å². The summed E-state index contributed by atoms with van der Waals surface area (Å²) in [5.74, 6) is 0.119. The smallest absolute Gasteiger partial charge is 0.254 e. The Morgan fingerprint density at radius 2 is 1.82 bits per heavy atom. The lowest BCUT2D eigenvalue weighted by atomic mass is 9.99. The first-order valence-corrected chi connectivity index (χ1v) is 9.57. The summed E-state index contributed by atoms with van der Waals surface area (Å²) in [7, 11) is 2.01. The van der Waals surface area contributed by atoms with Gasteiger partial charge in [0.15, 0.2) is 0 Å². The zero-order valence-electron chi connectivity index (χ0n) is 15.8. The highest BCUT2D eigenvalue weighted by molar-refractivity contribution is 6.00. The van der Waals surface area contributed by atoms with Crippen molar-refractivity contribution in [3.8, 4) is 11.1 Å². The Bertz CT molecular complexity index is 1190. The molecule has 1 aliphatic heterocycles. The minimum absolute atomic E-state index is 0.119. The molecule has 0 spiro atoms. The molecule has 0 atom stereocenters. The Kier molecular flexibility index (Phi) is 3.97. The van der Waals surface area contributed by atoms with E-state index in [4.69, 9.17) is 4.98 Å². The van der Waals surface area contributed by atoms with Crippen LogP contribution < -0.4 is 0 Å². The van der Waals surface area contributed by atoms with Crippen molar-refractivity contribution in [2.24, 2.45) is 7.05 Å². The Morgan fingerprint density at radius 1 is 0.964 bits per heavy atom. The number of carbonyl (C=O) groups excluding carboxylic acids is 1. The topological polar surface area (TPSA) is 38.1 Å². The molecule has 28 heavy (non-hydrogen) atoms. The molecular weight excluding hydrogens is 346 g/mol. The van der Waals surface area contributed by atoms with E-state index >= 15 is 0 Å². The van der Waals surface area contributed by atoms with Crippen molar-refractivity contribution in [1.29, 1.82) is 0 Å². The lowest BCUT2D eigenvalue weighted by molar-refractivity contribution is 0.0780. The molecule has 2 aromatic heterocycles. The van der Waals surface area contributed by atoms with Crippen LogP contribution in [0.25, 0.3) is 22.0 Å². The predicted octanol–water partition coefficient (Wildman–Crippen LogP) is 4.44. The van der Waals surface area contributed by atoms with Crippen molar-refractivity contribution in [1.82, 2.24) is 14.5 Å². The molecule has 0 aliphatic carbocycles. The van der Waals surface area contributed by atoms with E-state index in [2.05, 4.69) is 36.5 Å². The van der Waals surface area contributed by atoms with Gasteiger partial charge in [0.25, 0.3) is 5.91 Å². The molecule has 3 heterocycles. The lowest BCUT2D eigenvalue weighted by Gasteiger charge is -2.15. The normalized spacial score (nSPS) is 13.3. The fourth-order valence-corrected chi connectivity index (χ4v) is 4.00. The Labute approximate surface area is 164 Å². The molecule has 0 saturated heterocycles. The van der Waals surface area contributed by atoms with Crippen LogP contribution in [-0.2, 0) is 20.0 Å². The number of para-hydroxylation sites is 1. The van der Waals surface area contributed by atoms with E-state index in [1.54, 1.807) is 0 Å². The largest absolute Gasteiger partial charge is 0.357 e. The van der Waals surface area contributed by atoms with Gasteiger partial charge < -0.3 is 9.47 Å². The van der Waals surface area contributed by atoms with Gasteiger partial charge in [-0.15, -0.1) is 0 Å². The molecule has 2 aromatic carbocycles. The highest BCUT2D eigenvalue weighted by Gasteiger charge is 2.29. The van der Waals surface area contributed by atoms with Crippen LogP contribution >= 0.6 is 0 Å². The molecule has 4 heteroatoms. The third-order valence-electron chi connectivity index (χ3n) is 5.48. The van der Waals surface area contributed by atoms with Crippen molar-refractivity contribution in [3.05, 3.63) is 89.9 Å². The number of rotatable bonds is 4. The molecule has 0 saturated carbocycles. The number of hydrogen-bond acceptors (Lipinski definition) is 2. The molecule has 4 nitrogen and oxygen atoms in total. The second kappa shape index (κ2) is 6.64. The SMILES string of the molecule is Cn1ccc(-c2cccc3c2CN(CCc2ccc4ccccc4n2)C3=O)c1. The number of nitrogens with zero attached hydrogens (tertiary/aromatic N) is 3. The van der Waals surface area contributed by atoms with Crippen molar-refractivity contribution >= 4 is 16.8 Å². The van der Waals surface area contributed by atoms with Crippen molar-refractivity contribution in [3.63, 3.8) is 0 Å². The molecule has 138 valence electrons. The van der Waals surface area contributed by atoms with E-state index in [0.29, 0.717) is 13.1 Å². The maximum Gasteiger partial charge on any atom is 0.254 e. The van der Waals surface area contributed by atoms with E-state index in [1.165, 1.54) is 0 Å². The zero-order chi connectivity index (χ0) is 19.1. The molecule has 0 N–H and O–H groups in total. The molecule has 1 aliphatic rings. The van der Waals surface area contributed by atoms with Gasteiger partial charge in [-0.3, -0.25) is 9.78 Å². The van der Waals surface area contributed by atoms with Gasteiger partial charge in [-0.05, 0) is 41.0 Å². The van der Waals surface area contributed by atoms with Crippen molar-refractivity contribution in [2.45, 2.75) is 13.0 Å². The number of hydrogen-bond donors (Lipinski definition) is 0. The first-order valence-electron chi connectivity index (χ1n) is 9.57. The third-order valence-corrected chi connectivity index (χ3v) is 5.48. The minimum atomic E-state index is 0.119. The third kappa shape index (κ3) is 2.87. The van der Waals surface area contributed by atoms with Crippen LogP contribution in [0.5, 0.6) is 0 Å². The summed E-state index contributed by atoms with van der Waals surface area (Å²) in [6.07, 6.45) is 4.89. The number of aryl methyl sites for hydroxylation is 1. The van der Waals surface area contributed by atoms with Gasteiger partial charge in [0.1, 0.15) is 0 Å². The fourth-order valence-electron chi connectivity index (χ4n) is 4.00. The molecule has 0 unspecified atom stereocenters. The fraction of sp³-hybridized carbons (Fsp3) is 0.167. The van der Waals surface area contributed by atoms with Gasteiger partial charge in [0.05, 0.1) is 5.52 Å². The average molecular weight is 367 g/mol. The first kappa shape index (κ1) is 16.8. The van der Waals surface area contributed by atoms with Crippen molar-refractivity contribution in [2.75, 3.05) is 6.54 Å². The monoisotopic (exact) mass is 367 g/mol. The molecular formula is C24H21N3O. The number of amides is 1. The summed E-state index contributed by atoms with van der Waals surface area (Å²) in [4.78, 5) is 19.6. The van der Waals surface area contributed by atoms with Gasteiger partial charge in [-0.25, -0.2) is 0 Å². The number of aromatic nitrogens is 2. The molecule has 4 aromatic rings. The van der Waals surface area contributed by atoms with E-state index < -0.39 is 0 Å². The summed E-state index contributed by atoms with van der Waals surface area (Å²) in [5.41, 5.74) is 6.29. The van der Waals surface area contributed by atoms with Crippen LogP contribution in [0.2, 0.25) is 0 Å². The Morgan fingerprint density at radius 3 is 2.68 bits per heavy atom. The number of pyridine rings is 1. The van der Waals surface area contributed by atoms with Gasteiger partial charge in [-0.1, -0.05) is 36.4 Å². The highest BCUT2D eigenvalue weighted by Crippen LogP contribution is 2.32. The maximum atomic E-state index is 12.9. The van der Waals surface area contributed by atoms with Crippen LogP contribution in [-0.4, -0.2) is 26.9 Å². The zero-order valence-corrected chi connectivity index (χ0v) is 15.8. The summed E-state index contributed by atoms with van der Waals surface area (Å²) >= 11 is 0. The standard InChI is InChI=1S/C24H21N3O/c1-26-13-11-18(15-26)20-6-4-7-21-22(20)16-27(24(21)28)14-12-19-10-9-17-5-2-3-8-23(17)25-19/h2-11,13,15H,12,14,16H2,1H3. The molecule has 0 bridgehead atoms. The van der Waals surface area contributed by atoms with Gasteiger partial charge in [-0.2, -0.15) is 0 Å². The van der Waals surface area contributed by atoms with Crippen LogP contribution in [0, 0.1) is 0 Å². The van der Waals surface area contributed by atoms with Crippen LogP contribution in [0.15, 0.2) is 73.1 Å². The maximum absolute atomic E-state index is 12.9. The summed E-state index contributed by atoms with van der Waals surface area (Å²) in [6, 6.07) is 20.4. The second-order valence-electron chi connectivity index (χ2n) is 7.37. The Balaban J connectivity index is 1.37. The van der Waals surface area contributed by atoms with Crippen LogP contribution in [0.3, 0.4) is 0 Å². The summed E-state index contributed by atoms with van der Waals surface area (Å²) < 4.78 is 2.04. The lowest BCUT2D eigenvalue weighted by Crippen LogP contribution is -2.26. The average Bonchev–Trinajstić information content (AvgIpc) is 3.29. The van der Waals surface area contributed by atoms with E-state index in [1.807, 2.05) is 53.0 Å². The summed E-state index contributed by atoms with van der Waals surface area (Å²) in [5, 5.41) is 1.14. The van der Waals surface area contributed by atoms with E-state index in [-0.39, 0.29) is 5.91 Å². The van der Waals surface area contributed by atoms with Crippen molar-refractivity contribution < 1.29 is 4.79 Å². The Hall–Kier alpha value is -3.40.